The van der Waals surface area contributed by atoms with E-state index in [1.165, 1.54) is 12.0 Å². The van der Waals surface area contributed by atoms with Crippen LogP contribution in [0.4, 0.5) is 11.4 Å². The number of amides is 2. The lowest BCUT2D eigenvalue weighted by Crippen LogP contribution is -2.56. The summed E-state index contributed by atoms with van der Waals surface area (Å²) in [7, 11) is 3.09. The van der Waals surface area contributed by atoms with Crippen LogP contribution in [0.2, 0.25) is 0 Å². The summed E-state index contributed by atoms with van der Waals surface area (Å²) < 4.78 is 10.8. The third kappa shape index (κ3) is 3.48. The number of hydrogen-bond donors (Lipinski definition) is 0. The molecular formula is C24H22N2O4. The van der Waals surface area contributed by atoms with Gasteiger partial charge in [0.25, 0.3) is 5.91 Å². The Kier molecular flexibility index (Phi) is 5.39. The second-order valence-electron chi connectivity index (χ2n) is 6.87. The number of carbonyl (C=O) groups excluding carboxylic acids is 2. The Morgan fingerprint density at radius 3 is 2.13 bits per heavy atom. The standard InChI is InChI=1S/C24H22N2O4/c1-29-19-13-14-21(30-2)20(15-19)25-16-22(27)26(18-11-7-4-8-12-18)23(24(25)28)17-9-5-3-6-10-17/h3-15,23H,16H2,1-2H3/t23-/m1/s1. The van der Waals surface area contributed by atoms with Crippen LogP contribution in [0.3, 0.4) is 0 Å². The Morgan fingerprint density at radius 1 is 0.833 bits per heavy atom. The van der Waals surface area contributed by atoms with Gasteiger partial charge >= 0.3 is 0 Å². The molecule has 0 bridgehead atoms. The summed E-state index contributed by atoms with van der Waals surface area (Å²) in [6.45, 7) is -0.0966. The molecule has 0 N–H and O–H groups in total. The lowest BCUT2D eigenvalue weighted by molar-refractivity contribution is -0.128. The van der Waals surface area contributed by atoms with Gasteiger partial charge in [-0.3, -0.25) is 19.4 Å². The van der Waals surface area contributed by atoms with E-state index < -0.39 is 6.04 Å². The summed E-state index contributed by atoms with van der Waals surface area (Å²) in [6, 6.07) is 23.0. The van der Waals surface area contributed by atoms with Gasteiger partial charge in [-0.05, 0) is 29.8 Å². The zero-order valence-corrected chi connectivity index (χ0v) is 16.8. The van der Waals surface area contributed by atoms with Crippen LogP contribution in [0, 0.1) is 0 Å². The van der Waals surface area contributed by atoms with Crippen molar-refractivity contribution in [3.8, 4) is 11.5 Å². The van der Waals surface area contributed by atoms with E-state index in [4.69, 9.17) is 9.47 Å². The van der Waals surface area contributed by atoms with E-state index in [2.05, 4.69) is 0 Å². The number of carbonyl (C=O) groups is 2. The van der Waals surface area contributed by atoms with Gasteiger partial charge in [-0.25, -0.2) is 0 Å². The van der Waals surface area contributed by atoms with Crippen molar-refractivity contribution in [2.45, 2.75) is 6.04 Å². The second-order valence-corrected chi connectivity index (χ2v) is 6.87. The van der Waals surface area contributed by atoms with Crippen molar-refractivity contribution in [2.24, 2.45) is 0 Å². The van der Waals surface area contributed by atoms with Crippen molar-refractivity contribution in [2.75, 3.05) is 30.6 Å². The third-order valence-electron chi connectivity index (χ3n) is 5.15. The Hall–Kier alpha value is -3.80. The molecular weight excluding hydrogens is 380 g/mol. The van der Waals surface area contributed by atoms with Crippen LogP contribution in [0.1, 0.15) is 11.6 Å². The van der Waals surface area contributed by atoms with Gasteiger partial charge in [-0.1, -0.05) is 48.5 Å². The van der Waals surface area contributed by atoms with Crippen molar-refractivity contribution < 1.29 is 19.1 Å². The molecule has 0 aromatic heterocycles. The number of nitrogens with zero attached hydrogens (tertiary/aromatic N) is 2. The molecule has 3 aromatic rings. The quantitative estimate of drug-likeness (QED) is 0.651. The largest absolute Gasteiger partial charge is 0.497 e. The maximum atomic E-state index is 13.8. The molecule has 0 aliphatic carbocycles. The maximum absolute atomic E-state index is 13.8. The Balaban J connectivity index is 1.83. The first kappa shape index (κ1) is 19.5. The molecule has 1 atom stereocenters. The van der Waals surface area contributed by atoms with Crippen LogP contribution in [-0.4, -0.2) is 32.6 Å². The molecule has 1 heterocycles. The lowest BCUT2D eigenvalue weighted by atomic mass is 9.99. The minimum Gasteiger partial charge on any atom is -0.497 e. The molecule has 1 saturated heterocycles. The average molecular weight is 402 g/mol. The Morgan fingerprint density at radius 2 is 1.50 bits per heavy atom. The molecule has 6 nitrogen and oxygen atoms in total. The van der Waals surface area contributed by atoms with Gasteiger partial charge in [-0.15, -0.1) is 0 Å². The molecule has 152 valence electrons. The average Bonchev–Trinajstić information content (AvgIpc) is 2.80. The van der Waals surface area contributed by atoms with Crippen molar-refractivity contribution in [3.63, 3.8) is 0 Å². The van der Waals surface area contributed by atoms with E-state index in [9.17, 15) is 9.59 Å². The summed E-state index contributed by atoms with van der Waals surface area (Å²) in [5, 5.41) is 0. The number of hydrogen-bond acceptors (Lipinski definition) is 4. The van der Waals surface area contributed by atoms with Gasteiger partial charge in [-0.2, -0.15) is 0 Å². The number of ether oxygens (including phenoxy) is 2. The van der Waals surface area contributed by atoms with Gasteiger partial charge in [0, 0.05) is 11.8 Å². The predicted octanol–water partition coefficient (Wildman–Crippen LogP) is 3.82. The van der Waals surface area contributed by atoms with Crippen molar-refractivity contribution in [1.82, 2.24) is 0 Å². The zero-order chi connectivity index (χ0) is 21.1. The van der Waals surface area contributed by atoms with E-state index >= 15 is 0 Å². The van der Waals surface area contributed by atoms with Crippen molar-refractivity contribution >= 4 is 23.2 Å². The van der Waals surface area contributed by atoms with Gasteiger partial charge in [0.2, 0.25) is 5.91 Å². The van der Waals surface area contributed by atoms with Crippen molar-refractivity contribution in [1.29, 1.82) is 0 Å². The summed E-state index contributed by atoms with van der Waals surface area (Å²) in [4.78, 5) is 30.1. The van der Waals surface area contributed by atoms with Gasteiger partial charge in [0.1, 0.15) is 24.1 Å². The highest BCUT2D eigenvalue weighted by atomic mass is 16.5. The van der Waals surface area contributed by atoms with Gasteiger partial charge in [0.05, 0.1) is 19.9 Å². The predicted molar refractivity (Wildman–Crippen MR) is 115 cm³/mol. The van der Waals surface area contributed by atoms with E-state index in [1.54, 1.807) is 30.2 Å². The summed E-state index contributed by atoms with van der Waals surface area (Å²) in [5.74, 6) is 0.681. The first-order valence-electron chi connectivity index (χ1n) is 9.59. The Labute approximate surface area is 175 Å². The fourth-order valence-corrected chi connectivity index (χ4v) is 3.71. The fourth-order valence-electron chi connectivity index (χ4n) is 3.71. The number of benzene rings is 3. The highest BCUT2D eigenvalue weighted by molar-refractivity contribution is 6.15. The van der Waals surface area contributed by atoms with E-state index in [-0.39, 0.29) is 18.4 Å². The fraction of sp³-hybridized carbons (Fsp3) is 0.167. The number of piperazine rings is 1. The minimum atomic E-state index is -0.786. The van der Waals surface area contributed by atoms with Gasteiger partial charge < -0.3 is 9.47 Å². The van der Waals surface area contributed by atoms with Crippen molar-refractivity contribution in [3.05, 3.63) is 84.4 Å². The van der Waals surface area contributed by atoms with E-state index in [0.717, 1.165) is 5.56 Å². The van der Waals surface area contributed by atoms with Crippen LogP contribution in [0.5, 0.6) is 11.5 Å². The lowest BCUT2D eigenvalue weighted by Gasteiger charge is -2.40. The third-order valence-corrected chi connectivity index (χ3v) is 5.15. The molecule has 1 aliphatic heterocycles. The molecule has 1 aliphatic rings. The number of methoxy groups -OCH3 is 2. The molecule has 3 aromatic carbocycles. The number of para-hydroxylation sites is 1. The SMILES string of the molecule is COc1ccc(OC)c(N2CC(=O)N(c3ccccc3)[C@H](c3ccccc3)C2=O)c1. The summed E-state index contributed by atoms with van der Waals surface area (Å²) in [6.07, 6.45) is 0. The van der Waals surface area contributed by atoms with E-state index in [1.807, 2.05) is 60.7 Å². The van der Waals surface area contributed by atoms with Crippen LogP contribution < -0.4 is 19.3 Å². The topological polar surface area (TPSA) is 59.1 Å². The van der Waals surface area contributed by atoms with Crippen LogP contribution >= 0.6 is 0 Å². The van der Waals surface area contributed by atoms with Crippen LogP contribution in [0.15, 0.2) is 78.9 Å². The number of rotatable bonds is 5. The molecule has 1 fully saturated rings. The maximum Gasteiger partial charge on any atom is 0.255 e. The summed E-state index contributed by atoms with van der Waals surface area (Å²) >= 11 is 0. The monoisotopic (exact) mass is 402 g/mol. The number of anilines is 2. The minimum absolute atomic E-state index is 0.0966. The Bertz CT molecular complexity index is 1050. The first-order chi connectivity index (χ1) is 14.6. The molecule has 0 unspecified atom stereocenters. The van der Waals surface area contributed by atoms with Crippen LogP contribution in [0.25, 0.3) is 0 Å². The molecule has 0 radical (unpaired) electrons. The smallest absolute Gasteiger partial charge is 0.255 e. The van der Waals surface area contributed by atoms with Crippen LogP contribution in [-0.2, 0) is 9.59 Å². The molecule has 0 saturated carbocycles. The molecule has 2 amide bonds. The second kappa shape index (κ2) is 8.29. The molecule has 4 rings (SSSR count). The molecule has 30 heavy (non-hydrogen) atoms. The zero-order valence-electron chi connectivity index (χ0n) is 16.8. The normalized spacial score (nSPS) is 16.5. The molecule has 0 spiro atoms. The van der Waals surface area contributed by atoms with E-state index in [0.29, 0.717) is 22.9 Å². The highest BCUT2D eigenvalue weighted by Crippen LogP contribution is 2.39. The summed E-state index contributed by atoms with van der Waals surface area (Å²) in [5.41, 5.74) is 1.93. The highest BCUT2D eigenvalue weighted by Gasteiger charge is 2.42. The van der Waals surface area contributed by atoms with Gasteiger partial charge in [0.15, 0.2) is 0 Å². The first-order valence-corrected chi connectivity index (χ1v) is 9.59. The molecule has 6 heteroatoms.